The molecule has 6 heteroatoms. The zero-order valence-electron chi connectivity index (χ0n) is 30.5. The van der Waals surface area contributed by atoms with Crippen molar-refractivity contribution in [2.45, 2.75) is 126 Å². The Balaban J connectivity index is 0.00000139. The van der Waals surface area contributed by atoms with Gasteiger partial charge in [0.25, 0.3) is 0 Å². The maximum atomic E-state index is 13.1. The highest BCUT2D eigenvalue weighted by Crippen LogP contribution is 2.75. The molecular formula is C41H60Cl2O4. The summed E-state index contributed by atoms with van der Waals surface area (Å²) in [6.45, 7) is 20.3. The van der Waals surface area contributed by atoms with Gasteiger partial charge in [-0.25, -0.2) is 4.79 Å². The van der Waals surface area contributed by atoms with Crippen molar-refractivity contribution in [2.24, 2.45) is 50.2 Å². The van der Waals surface area contributed by atoms with Gasteiger partial charge in [-0.05, 0) is 133 Å². The summed E-state index contributed by atoms with van der Waals surface area (Å²) in [7, 11) is 1.52. The van der Waals surface area contributed by atoms with E-state index in [1.807, 2.05) is 5.57 Å². The summed E-state index contributed by atoms with van der Waals surface area (Å²) in [6, 6.07) is 5.07. The van der Waals surface area contributed by atoms with E-state index >= 15 is 0 Å². The number of halogens is 2. The van der Waals surface area contributed by atoms with Gasteiger partial charge in [0.1, 0.15) is 6.10 Å². The second-order valence-corrected chi connectivity index (χ2v) is 18.9. The van der Waals surface area contributed by atoms with Gasteiger partial charge in [0.15, 0.2) is 11.5 Å². The van der Waals surface area contributed by atoms with E-state index in [0.29, 0.717) is 33.8 Å². The van der Waals surface area contributed by atoms with Gasteiger partial charge in [-0.3, -0.25) is 0 Å². The van der Waals surface area contributed by atoms with Crippen LogP contribution in [-0.2, 0) is 9.53 Å². The number of hydrogen-bond donors (Lipinski definition) is 1. The first kappa shape index (κ1) is 36.6. The van der Waals surface area contributed by atoms with Crippen LogP contribution in [0, 0.1) is 50.2 Å². The highest BCUT2D eigenvalue weighted by molar-refractivity contribution is 6.40. The summed E-state index contributed by atoms with van der Waals surface area (Å²) >= 11 is 9.53. The number of fused-ring (bicyclic) bond motifs is 7. The van der Waals surface area contributed by atoms with Crippen molar-refractivity contribution in [1.82, 2.24) is 0 Å². The van der Waals surface area contributed by atoms with Crippen molar-refractivity contribution < 1.29 is 19.4 Å². The van der Waals surface area contributed by atoms with Crippen molar-refractivity contribution in [2.75, 3.05) is 12.4 Å². The monoisotopic (exact) mass is 686 g/mol. The summed E-state index contributed by atoms with van der Waals surface area (Å²) in [5.74, 6) is 2.16. The smallest absolute Gasteiger partial charge is 0.331 e. The van der Waals surface area contributed by atoms with Crippen LogP contribution in [0.25, 0.3) is 6.08 Å². The number of rotatable bonds is 4. The lowest BCUT2D eigenvalue weighted by atomic mass is 9.34. The third-order valence-electron chi connectivity index (χ3n) is 14.6. The van der Waals surface area contributed by atoms with E-state index in [2.05, 4.69) is 61.5 Å². The van der Waals surface area contributed by atoms with Gasteiger partial charge in [-0.15, -0.1) is 23.2 Å². The van der Waals surface area contributed by atoms with Crippen LogP contribution >= 0.6 is 23.2 Å². The maximum absolute atomic E-state index is 13.1. The number of ether oxygens (including phenoxy) is 2. The first-order chi connectivity index (χ1) is 21.9. The Labute approximate surface area is 295 Å². The quantitative estimate of drug-likeness (QED) is 0.148. The Morgan fingerprint density at radius 3 is 2.19 bits per heavy atom. The average Bonchev–Trinajstić information content (AvgIpc) is 2.99. The Morgan fingerprint density at radius 2 is 1.53 bits per heavy atom. The molecule has 1 N–H and O–H groups in total. The van der Waals surface area contributed by atoms with Gasteiger partial charge in [-0.1, -0.05) is 73.1 Å². The molecule has 0 amide bonds. The molecule has 4 nitrogen and oxygen atoms in total. The van der Waals surface area contributed by atoms with Gasteiger partial charge in [0.05, 0.1) is 12.4 Å². The number of esters is 1. The molecule has 5 aliphatic rings. The summed E-state index contributed by atoms with van der Waals surface area (Å²) < 4.78 is 11.5. The van der Waals surface area contributed by atoms with Crippen molar-refractivity contribution >= 4 is 35.2 Å². The summed E-state index contributed by atoms with van der Waals surface area (Å²) in [4.78, 5) is 13.1. The van der Waals surface area contributed by atoms with Gasteiger partial charge >= 0.3 is 5.97 Å². The fourth-order valence-corrected chi connectivity index (χ4v) is 12.2. The first-order valence-corrected chi connectivity index (χ1v) is 19.1. The highest BCUT2D eigenvalue weighted by Gasteiger charge is 2.67. The fraction of sp³-hybridized carbons (Fsp3) is 0.732. The van der Waals surface area contributed by atoms with Crippen molar-refractivity contribution in [3.8, 4) is 11.5 Å². The molecular weight excluding hydrogens is 627 g/mol. The summed E-state index contributed by atoms with van der Waals surface area (Å²) in [5.41, 5.74) is 4.23. The Hall–Kier alpha value is -1.65. The predicted octanol–water partition coefficient (Wildman–Crippen LogP) is 11.6. The number of hydrogen-bond acceptors (Lipinski definition) is 4. The van der Waals surface area contributed by atoms with E-state index < -0.39 is 0 Å². The molecule has 0 saturated heterocycles. The Kier molecular flexibility index (Phi) is 10.1. The number of benzene rings is 1. The van der Waals surface area contributed by atoms with E-state index in [1.54, 1.807) is 24.3 Å². The lowest BCUT2D eigenvalue weighted by Gasteiger charge is -2.70. The van der Waals surface area contributed by atoms with Crippen molar-refractivity contribution in [3.63, 3.8) is 0 Å². The number of aromatic hydroxyl groups is 1. The minimum Gasteiger partial charge on any atom is -0.504 e. The molecule has 1 aromatic carbocycles. The summed E-state index contributed by atoms with van der Waals surface area (Å²) in [5, 5.41) is 10.1. The average molecular weight is 688 g/mol. The second kappa shape index (κ2) is 12.9. The number of alkyl halides is 2. The van der Waals surface area contributed by atoms with Crippen LogP contribution in [0.3, 0.4) is 0 Å². The molecule has 47 heavy (non-hydrogen) atoms. The van der Waals surface area contributed by atoms with E-state index in [4.69, 9.17) is 32.7 Å². The number of carbonyl (C=O) groups excluding carboxylic acids is 1. The Morgan fingerprint density at radius 1 is 0.894 bits per heavy atom. The number of methoxy groups -OCH3 is 1. The third-order valence-corrected chi connectivity index (χ3v) is 14.6. The molecule has 4 saturated carbocycles. The lowest BCUT2D eigenvalue weighted by molar-refractivity contribution is -0.197. The molecule has 0 aromatic heterocycles. The topological polar surface area (TPSA) is 55.8 Å². The van der Waals surface area contributed by atoms with Crippen molar-refractivity contribution in [1.29, 1.82) is 0 Å². The van der Waals surface area contributed by atoms with Crippen LogP contribution in [0.2, 0.25) is 0 Å². The molecule has 5 aliphatic carbocycles. The standard InChI is InChI=1S/C40H58O4.CH2Cl2/c1-35(2)22-23-37(5)18-14-30-39(7)19-15-29-36(3,4)33(44-34(42)13-11-26-10-12-27(41)28(24-26)43-9)17-21-38(29,6)31(39)16-20-40(30,8)32(37)25-35;2-1-3/h10-14,24,29,31-33,41H,15-23,25H2,1-9H3;1H2/b13-11-;/t29-,31+,32+,33+,37-,38-,39-,40+;/m0./s1. The van der Waals surface area contributed by atoms with Gasteiger partial charge < -0.3 is 14.6 Å². The fourth-order valence-electron chi connectivity index (χ4n) is 12.2. The molecule has 6 rings (SSSR count). The normalized spacial score (nSPS) is 39.9. The number of carbonyl (C=O) groups is 1. The molecule has 0 spiro atoms. The molecule has 1 aromatic rings. The SMILES string of the molecule is COc1cc(/C=C\C(=O)O[C@@H]2CC[C@]3(C)[C@H]4CC[C@]5(C)C(=CC[C@@]6(C)CCC(C)(C)C[C@H]65)[C@]4(C)CC[C@H]3C2(C)C)ccc1O.ClCCl. The van der Waals surface area contributed by atoms with Crippen molar-refractivity contribution in [3.05, 3.63) is 41.5 Å². The van der Waals surface area contributed by atoms with Crippen LogP contribution < -0.4 is 4.74 Å². The molecule has 0 heterocycles. The highest BCUT2D eigenvalue weighted by atomic mass is 35.5. The molecule has 0 bridgehead atoms. The maximum Gasteiger partial charge on any atom is 0.331 e. The molecule has 0 unspecified atom stereocenters. The van der Waals surface area contributed by atoms with E-state index in [0.717, 1.165) is 24.3 Å². The molecule has 4 fully saturated rings. The van der Waals surface area contributed by atoms with Crippen LogP contribution in [-0.4, -0.2) is 29.6 Å². The van der Waals surface area contributed by atoms with Crippen LogP contribution in [0.5, 0.6) is 11.5 Å². The number of phenols is 1. The largest absolute Gasteiger partial charge is 0.504 e. The second-order valence-electron chi connectivity index (χ2n) is 18.1. The zero-order valence-corrected chi connectivity index (χ0v) is 32.0. The van der Waals surface area contributed by atoms with Crippen LogP contribution in [0.15, 0.2) is 35.9 Å². The minimum absolute atomic E-state index is 0.0848. The predicted molar refractivity (Wildman–Crippen MR) is 195 cm³/mol. The van der Waals surface area contributed by atoms with Gasteiger partial charge in [-0.2, -0.15) is 0 Å². The van der Waals surface area contributed by atoms with E-state index in [1.165, 1.54) is 64.6 Å². The van der Waals surface area contributed by atoms with Crippen LogP contribution in [0.1, 0.15) is 125 Å². The third kappa shape index (κ3) is 6.30. The Bertz CT molecular complexity index is 1400. The van der Waals surface area contributed by atoms with Gasteiger partial charge in [0.2, 0.25) is 0 Å². The van der Waals surface area contributed by atoms with Crippen LogP contribution in [0.4, 0.5) is 0 Å². The number of phenolic OH excluding ortho intramolecular Hbond substituents is 1. The molecule has 0 radical (unpaired) electrons. The summed E-state index contributed by atoms with van der Waals surface area (Å²) in [6.07, 6.45) is 18.4. The molecule has 0 aliphatic heterocycles. The van der Waals surface area contributed by atoms with E-state index in [-0.39, 0.29) is 39.4 Å². The lowest BCUT2D eigenvalue weighted by Crippen LogP contribution is -2.63. The van der Waals surface area contributed by atoms with Gasteiger partial charge in [0, 0.05) is 11.5 Å². The molecule has 8 atom stereocenters. The van der Waals surface area contributed by atoms with E-state index in [9.17, 15) is 9.90 Å². The number of allylic oxidation sites excluding steroid dienone is 2. The zero-order chi connectivity index (χ0) is 34.6. The minimum atomic E-state index is -0.293. The molecule has 262 valence electrons. The first-order valence-electron chi connectivity index (χ1n) is 18.0.